The first kappa shape index (κ1) is 13.4. The van der Waals surface area contributed by atoms with E-state index >= 15 is 0 Å². The number of hydrogen-bond donors (Lipinski definition) is 2. The van der Waals surface area contributed by atoms with E-state index in [9.17, 15) is 9.18 Å². The molecule has 2 aromatic carbocycles. The van der Waals surface area contributed by atoms with E-state index in [2.05, 4.69) is 10.9 Å². The minimum atomic E-state index is -0.484. The number of hydrazine groups is 1. The van der Waals surface area contributed by atoms with Crippen LogP contribution in [0, 0.1) is 5.82 Å². The van der Waals surface area contributed by atoms with Crippen molar-refractivity contribution in [3.05, 3.63) is 64.9 Å². The van der Waals surface area contributed by atoms with E-state index in [0.717, 1.165) is 5.69 Å². The lowest BCUT2D eigenvalue weighted by molar-refractivity contribution is -0.120. The Morgan fingerprint density at radius 2 is 1.84 bits per heavy atom. The summed E-state index contributed by atoms with van der Waals surface area (Å²) in [6.45, 7) is 0. The number of nitrogens with one attached hydrogen (secondary N) is 2. The van der Waals surface area contributed by atoms with Crippen LogP contribution in [0.5, 0.6) is 0 Å². The van der Waals surface area contributed by atoms with Gasteiger partial charge in [0.1, 0.15) is 5.82 Å². The molecule has 0 aliphatic carbocycles. The van der Waals surface area contributed by atoms with Gasteiger partial charge in [0, 0.05) is 10.6 Å². The van der Waals surface area contributed by atoms with Gasteiger partial charge in [0.2, 0.25) is 5.91 Å². The molecule has 0 fully saturated rings. The average Bonchev–Trinajstić information content (AvgIpc) is 2.42. The van der Waals surface area contributed by atoms with Crippen molar-refractivity contribution in [2.24, 2.45) is 0 Å². The Morgan fingerprint density at radius 1 is 1.11 bits per heavy atom. The molecular formula is C14H12ClFN2O. The summed E-state index contributed by atoms with van der Waals surface area (Å²) in [6, 6.07) is 13.5. The van der Waals surface area contributed by atoms with Gasteiger partial charge in [-0.3, -0.25) is 15.6 Å². The zero-order chi connectivity index (χ0) is 13.7. The van der Waals surface area contributed by atoms with Crippen molar-refractivity contribution in [1.82, 2.24) is 5.43 Å². The van der Waals surface area contributed by atoms with Crippen LogP contribution in [-0.2, 0) is 11.2 Å². The molecule has 0 saturated heterocycles. The highest BCUT2D eigenvalue weighted by Crippen LogP contribution is 2.19. The number of anilines is 1. The summed E-state index contributed by atoms with van der Waals surface area (Å²) in [6.07, 6.45) is -0.120. The molecule has 0 atom stereocenters. The zero-order valence-electron chi connectivity index (χ0n) is 9.99. The molecule has 0 heterocycles. The van der Waals surface area contributed by atoms with Crippen LogP contribution in [0.3, 0.4) is 0 Å². The highest BCUT2D eigenvalue weighted by Gasteiger charge is 2.11. The van der Waals surface area contributed by atoms with E-state index < -0.39 is 5.82 Å². The van der Waals surface area contributed by atoms with Crippen molar-refractivity contribution in [3.63, 3.8) is 0 Å². The Morgan fingerprint density at radius 3 is 2.53 bits per heavy atom. The van der Waals surface area contributed by atoms with Crippen LogP contribution in [0.1, 0.15) is 5.56 Å². The molecule has 0 radical (unpaired) electrons. The van der Waals surface area contributed by atoms with Crippen LogP contribution in [0.15, 0.2) is 48.5 Å². The Bertz CT molecular complexity index is 555. The van der Waals surface area contributed by atoms with Crippen molar-refractivity contribution in [2.45, 2.75) is 6.42 Å². The summed E-state index contributed by atoms with van der Waals surface area (Å²) in [5.74, 6) is -0.849. The number of para-hydroxylation sites is 1. The number of halogens is 2. The van der Waals surface area contributed by atoms with E-state index in [1.165, 1.54) is 12.1 Å². The first-order valence-corrected chi connectivity index (χ1v) is 6.07. The van der Waals surface area contributed by atoms with Crippen molar-refractivity contribution < 1.29 is 9.18 Å². The van der Waals surface area contributed by atoms with E-state index in [1.807, 2.05) is 18.2 Å². The molecule has 2 N–H and O–H groups in total. The Balaban J connectivity index is 1.95. The molecule has 1 amide bonds. The van der Waals surface area contributed by atoms with Gasteiger partial charge in [-0.25, -0.2) is 4.39 Å². The second-order valence-corrected chi connectivity index (χ2v) is 4.32. The summed E-state index contributed by atoms with van der Waals surface area (Å²) < 4.78 is 13.5. The zero-order valence-corrected chi connectivity index (χ0v) is 10.7. The molecule has 0 aliphatic rings. The molecule has 0 bridgehead atoms. The highest BCUT2D eigenvalue weighted by molar-refractivity contribution is 6.31. The van der Waals surface area contributed by atoms with Gasteiger partial charge in [-0.05, 0) is 24.3 Å². The number of benzene rings is 2. The summed E-state index contributed by atoms with van der Waals surface area (Å²) in [5.41, 5.74) is 6.16. The Hall–Kier alpha value is -2.07. The predicted molar refractivity (Wildman–Crippen MR) is 73.3 cm³/mol. The number of carbonyl (C=O) groups excluding carboxylic acids is 1. The lowest BCUT2D eigenvalue weighted by Crippen LogP contribution is -2.31. The molecule has 0 aliphatic heterocycles. The smallest absolute Gasteiger partial charge is 0.242 e. The van der Waals surface area contributed by atoms with Crippen LogP contribution in [0.25, 0.3) is 0 Å². The van der Waals surface area contributed by atoms with Gasteiger partial charge in [-0.1, -0.05) is 35.9 Å². The Labute approximate surface area is 115 Å². The SMILES string of the molecule is O=C(Cc1c(F)cccc1Cl)NNc1ccccc1. The maximum Gasteiger partial charge on any atom is 0.242 e. The third kappa shape index (κ3) is 3.69. The van der Waals surface area contributed by atoms with Crippen LogP contribution in [-0.4, -0.2) is 5.91 Å². The fourth-order valence-corrected chi connectivity index (χ4v) is 1.80. The highest BCUT2D eigenvalue weighted by atomic mass is 35.5. The lowest BCUT2D eigenvalue weighted by Gasteiger charge is -2.09. The van der Waals surface area contributed by atoms with Gasteiger partial charge in [-0.2, -0.15) is 0 Å². The van der Waals surface area contributed by atoms with Crippen LogP contribution in [0.4, 0.5) is 10.1 Å². The predicted octanol–water partition coefficient (Wildman–Crippen LogP) is 3.16. The number of carbonyl (C=O) groups is 1. The number of amides is 1. The maximum atomic E-state index is 13.5. The fraction of sp³-hybridized carbons (Fsp3) is 0.0714. The minimum absolute atomic E-state index is 0.120. The van der Waals surface area contributed by atoms with Gasteiger partial charge in [-0.15, -0.1) is 0 Å². The quantitative estimate of drug-likeness (QED) is 0.844. The normalized spacial score (nSPS) is 10.0. The molecule has 0 unspecified atom stereocenters. The van der Waals surface area contributed by atoms with Gasteiger partial charge in [0.25, 0.3) is 0 Å². The standard InChI is InChI=1S/C14H12ClFN2O/c15-12-7-4-8-13(16)11(12)9-14(19)18-17-10-5-2-1-3-6-10/h1-8,17H,9H2,(H,18,19). The number of hydrogen-bond acceptors (Lipinski definition) is 2. The molecule has 0 aromatic heterocycles. The lowest BCUT2D eigenvalue weighted by atomic mass is 10.1. The molecule has 2 rings (SSSR count). The largest absolute Gasteiger partial charge is 0.299 e. The third-order valence-corrected chi connectivity index (χ3v) is 2.87. The minimum Gasteiger partial charge on any atom is -0.299 e. The van der Waals surface area contributed by atoms with Gasteiger partial charge in [0.15, 0.2) is 0 Å². The van der Waals surface area contributed by atoms with Gasteiger partial charge in [0.05, 0.1) is 12.1 Å². The van der Waals surface area contributed by atoms with Crippen molar-refractivity contribution >= 4 is 23.2 Å². The van der Waals surface area contributed by atoms with Crippen molar-refractivity contribution in [3.8, 4) is 0 Å². The van der Waals surface area contributed by atoms with Crippen molar-refractivity contribution in [1.29, 1.82) is 0 Å². The van der Waals surface area contributed by atoms with Crippen LogP contribution >= 0.6 is 11.6 Å². The summed E-state index contributed by atoms with van der Waals surface area (Å²) >= 11 is 5.85. The molecule has 3 nitrogen and oxygen atoms in total. The second-order valence-electron chi connectivity index (χ2n) is 3.92. The first-order chi connectivity index (χ1) is 9.16. The molecule has 0 spiro atoms. The number of rotatable bonds is 4. The molecule has 19 heavy (non-hydrogen) atoms. The molecule has 98 valence electrons. The summed E-state index contributed by atoms with van der Waals surface area (Å²) in [5, 5.41) is 0.245. The first-order valence-electron chi connectivity index (χ1n) is 5.69. The molecular weight excluding hydrogens is 267 g/mol. The van der Waals surface area contributed by atoms with Gasteiger partial charge < -0.3 is 0 Å². The van der Waals surface area contributed by atoms with E-state index in [-0.39, 0.29) is 22.9 Å². The topological polar surface area (TPSA) is 41.1 Å². The molecule has 0 saturated carbocycles. The van der Waals surface area contributed by atoms with E-state index in [0.29, 0.717) is 0 Å². The Kier molecular flexibility index (Phi) is 4.36. The molecule has 2 aromatic rings. The average molecular weight is 279 g/mol. The maximum absolute atomic E-state index is 13.5. The van der Waals surface area contributed by atoms with Crippen LogP contribution in [0.2, 0.25) is 5.02 Å². The second kappa shape index (κ2) is 6.20. The van der Waals surface area contributed by atoms with Gasteiger partial charge >= 0.3 is 0 Å². The summed E-state index contributed by atoms with van der Waals surface area (Å²) in [4.78, 5) is 11.7. The third-order valence-electron chi connectivity index (χ3n) is 2.52. The molecule has 5 heteroatoms. The van der Waals surface area contributed by atoms with E-state index in [1.54, 1.807) is 18.2 Å². The summed E-state index contributed by atoms with van der Waals surface area (Å²) in [7, 11) is 0. The van der Waals surface area contributed by atoms with Crippen LogP contribution < -0.4 is 10.9 Å². The monoisotopic (exact) mass is 278 g/mol. The van der Waals surface area contributed by atoms with Crippen molar-refractivity contribution in [2.75, 3.05) is 5.43 Å². The van der Waals surface area contributed by atoms with E-state index in [4.69, 9.17) is 11.6 Å². The fourth-order valence-electron chi connectivity index (χ4n) is 1.57.